The SMILES string of the molecule is CC(C)(C)OC(=O)N1CC(CN2C(=O)S/C(=C/c3ccc4c(cnn4Cc4ccc(Cl)cc4C(F)(F)F)c3)C2=O)C1. The molecule has 5 rings (SSSR count). The molecule has 2 fully saturated rings. The predicted octanol–water partition coefficient (Wildman–Crippen LogP) is 6.66. The number of fused-ring (bicyclic) bond motifs is 1. The van der Waals surface area contributed by atoms with E-state index in [-0.39, 0.29) is 39.7 Å². The Bertz CT molecular complexity index is 1570. The second-order valence-corrected chi connectivity index (χ2v) is 12.4. The number of carbonyl (C=O) groups excluding carboxylic acids is 3. The van der Waals surface area contributed by atoms with E-state index in [9.17, 15) is 27.6 Å². The maximum Gasteiger partial charge on any atom is 0.416 e. The number of benzene rings is 2. The zero-order valence-corrected chi connectivity index (χ0v) is 23.9. The van der Waals surface area contributed by atoms with Gasteiger partial charge in [0, 0.05) is 36.0 Å². The Morgan fingerprint density at radius 1 is 1.15 bits per heavy atom. The summed E-state index contributed by atoms with van der Waals surface area (Å²) in [4.78, 5) is 40.7. The van der Waals surface area contributed by atoms with Crippen molar-refractivity contribution in [1.82, 2.24) is 19.6 Å². The molecule has 2 aromatic carbocycles. The Balaban J connectivity index is 1.26. The van der Waals surface area contributed by atoms with Crippen molar-refractivity contribution >= 4 is 57.6 Å². The molecule has 0 atom stereocenters. The van der Waals surface area contributed by atoms with Gasteiger partial charge in [0.2, 0.25) is 0 Å². The first-order chi connectivity index (χ1) is 19.2. The summed E-state index contributed by atoms with van der Waals surface area (Å²) in [6.45, 7) is 6.25. The molecule has 2 aliphatic heterocycles. The Hall–Kier alpha value is -3.51. The van der Waals surface area contributed by atoms with Crippen molar-refractivity contribution in [3.63, 3.8) is 0 Å². The van der Waals surface area contributed by atoms with Crippen LogP contribution < -0.4 is 0 Å². The number of imide groups is 1. The number of thioether (sulfide) groups is 1. The van der Waals surface area contributed by atoms with E-state index in [1.54, 1.807) is 45.0 Å². The van der Waals surface area contributed by atoms with E-state index >= 15 is 0 Å². The number of carbonyl (C=O) groups is 3. The maximum atomic E-state index is 13.5. The molecule has 1 aromatic heterocycles. The van der Waals surface area contributed by atoms with Gasteiger partial charge in [0.25, 0.3) is 11.1 Å². The van der Waals surface area contributed by atoms with Crippen LogP contribution in [0.4, 0.5) is 22.8 Å². The number of aromatic nitrogens is 2. The number of alkyl halides is 3. The van der Waals surface area contributed by atoms with E-state index in [2.05, 4.69) is 5.10 Å². The van der Waals surface area contributed by atoms with E-state index in [1.165, 1.54) is 32.8 Å². The quantitative estimate of drug-likeness (QED) is 0.302. The second kappa shape index (κ2) is 10.7. The van der Waals surface area contributed by atoms with Gasteiger partial charge in [0.1, 0.15) is 5.60 Å². The lowest BCUT2D eigenvalue weighted by atomic mass is 10.0. The lowest BCUT2D eigenvalue weighted by Gasteiger charge is -2.40. The predicted molar refractivity (Wildman–Crippen MR) is 149 cm³/mol. The fraction of sp³-hybridized carbons (Fsp3) is 0.357. The second-order valence-electron chi connectivity index (χ2n) is 11.0. The highest BCUT2D eigenvalue weighted by Gasteiger charge is 2.41. The average Bonchev–Trinajstić information content (AvgIpc) is 3.34. The third-order valence-corrected chi connectivity index (χ3v) is 7.73. The molecule has 0 saturated carbocycles. The van der Waals surface area contributed by atoms with Gasteiger partial charge in [-0.15, -0.1) is 0 Å². The highest BCUT2D eigenvalue weighted by atomic mass is 35.5. The minimum Gasteiger partial charge on any atom is -0.444 e. The molecule has 3 heterocycles. The van der Waals surface area contributed by atoms with Crippen LogP contribution in [0.2, 0.25) is 5.02 Å². The molecule has 216 valence electrons. The van der Waals surface area contributed by atoms with Gasteiger partial charge in [-0.1, -0.05) is 23.7 Å². The highest BCUT2D eigenvalue weighted by Crippen LogP contribution is 2.36. The van der Waals surface area contributed by atoms with E-state index in [4.69, 9.17) is 16.3 Å². The molecule has 0 radical (unpaired) electrons. The Morgan fingerprint density at radius 3 is 2.56 bits per heavy atom. The zero-order chi connectivity index (χ0) is 29.7. The summed E-state index contributed by atoms with van der Waals surface area (Å²) in [6, 6.07) is 8.82. The Kier molecular flexibility index (Phi) is 7.58. The van der Waals surface area contributed by atoms with Crippen molar-refractivity contribution in [2.24, 2.45) is 5.92 Å². The van der Waals surface area contributed by atoms with E-state index in [0.29, 0.717) is 29.6 Å². The molecule has 0 bridgehead atoms. The summed E-state index contributed by atoms with van der Waals surface area (Å²) in [5, 5.41) is 4.54. The summed E-state index contributed by atoms with van der Waals surface area (Å²) in [5.41, 5.74) is -0.137. The minimum atomic E-state index is -4.56. The van der Waals surface area contributed by atoms with Gasteiger partial charge in [-0.25, -0.2) is 4.79 Å². The molecule has 13 heteroatoms. The molecule has 3 amide bonds. The van der Waals surface area contributed by atoms with Crippen molar-refractivity contribution in [3.8, 4) is 0 Å². The average molecular weight is 607 g/mol. The summed E-state index contributed by atoms with van der Waals surface area (Å²) < 4.78 is 47.4. The summed E-state index contributed by atoms with van der Waals surface area (Å²) in [5.74, 6) is -0.440. The number of rotatable bonds is 5. The third kappa shape index (κ3) is 6.38. The summed E-state index contributed by atoms with van der Waals surface area (Å²) in [7, 11) is 0. The number of ether oxygens (including phenoxy) is 1. The van der Waals surface area contributed by atoms with Crippen LogP contribution in [-0.4, -0.2) is 62.1 Å². The number of halogens is 4. The van der Waals surface area contributed by atoms with Gasteiger partial charge in [0.15, 0.2) is 0 Å². The number of amides is 3. The first-order valence-electron chi connectivity index (χ1n) is 12.7. The molecule has 0 N–H and O–H groups in total. The Labute approximate surface area is 243 Å². The van der Waals surface area contributed by atoms with Crippen molar-refractivity contribution < 1.29 is 32.3 Å². The zero-order valence-electron chi connectivity index (χ0n) is 22.4. The van der Waals surface area contributed by atoms with Crippen molar-refractivity contribution in [2.45, 2.75) is 39.1 Å². The van der Waals surface area contributed by atoms with Crippen LogP contribution in [0.15, 0.2) is 47.5 Å². The molecule has 0 aliphatic carbocycles. The van der Waals surface area contributed by atoms with E-state index in [0.717, 1.165) is 17.8 Å². The van der Waals surface area contributed by atoms with Gasteiger partial charge < -0.3 is 9.64 Å². The molecule has 0 spiro atoms. The van der Waals surface area contributed by atoms with Gasteiger partial charge in [0.05, 0.1) is 28.7 Å². The summed E-state index contributed by atoms with van der Waals surface area (Å²) >= 11 is 6.63. The van der Waals surface area contributed by atoms with E-state index in [1.807, 2.05) is 0 Å². The van der Waals surface area contributed by atoms with Crippen LogP contribution in [0, 0.1) is 5.92 Å². The van der Waals surface area contributed by atoms with Crippen LogP contribution in [0.3, 0.4) is 0 Å². The molecule has 41 heavy (non-hydrogen) atoms. The standard InChI is InChI=1S/C28H26ClF3N4O4S/c1-27(2,3)40-25(38)34-12-17(13-34)14-35-24(37)23(41-26(35)39)9-16-4-7-22-19(8-16)11-33-36(22)15-18-5-6-20(29)10-21(18)28(30,31)32/h4-11,17H,12-15H2,1-3H3/b23-9+. The molecule has 8 nitrogen and oxygen atoms in total. The van der Waals surface area contributed by atoms with Crippen LogP contribution in [0.1, 0.15) is 37.5 Å². The first kappa shape index (κ1) is 29.0. The highest BCUT2D eigenvalue weighted by molar-refractivity contribution is 8.18. The molecule has 0 unspecified atom stereocenters. The maximum absolute atomic E-state index is 13.5. The molecule has 2 aliphatic rings. The molecular weight excluding hydrogens is 581 g/mol. The van der Waals surface area contributed by atoms with Crippen molar-refractivity contribution in [1.29, 1.82) is 0 Å². The van der Waals surface area contributed by atoms with Crippen LogP contribution >= 0.6 is 23.4 Å². The van der Waals surface area contributed by atoms with Crippen LogP contribution in [0.25, 0.3) is 17.0 Å². The monoisotopic (exact) mass is 606 g/mol. The van der Waals surface area contributed by atoms with Gasteiger partial charge in [-0.3, -0.25) is 19.2 Å². The van der Waals surface area contributed by atoms with E-state index < -0.39 is 29.3 Å². The molecule has 2 saturated heterocycles. The lowest BCUT2D eigenvalue weighted by molar-refractivity contribution is -0.138. The fourth-order valence-corrected chi connectivity index (χ4v) is 5.68. The third-order valence-electron chi connectivity index (χ3n) is 6.58. The summed E-state index contributed by atoms with van der Waals surface area (Å²) in [6.07, 6.45) is -1.84. The van der Waals surface area contributed by atoms with Crippen molar-refractivity contribution in [3.05, 3.63) is 69.2 Å². The lowest BCUT2D eigenvalue weighted by Crippen LogP contribution is -2.55. The van der Waals surface area contributed by atoms with Crippen LogP contribution in [0.5, 0.6) is 0 Å². The van der Waals surface area contributed by atoms with Gasteiger partial charge in [-0.2, -0.15) is 18.3 Å². The van der Waals surface area contributed by atoms with Gasteiger partial charge in [-0.05, 0) is 74.0 Å². The minimum absolute atomic E-state index is 0.00378. The Morgan fingerprint density at radius 2 is 1.88 bits per heavy atom. The number of nitrogens with zero attached hydrogens (tertiary/aromatic N) is 4. The number of hydrogen-bond acceptors (Lipinski definition) is 6. The number of hydrogen-bond donors (Lipinski definition) is 0. The topological polar surface area (TPSA) is 84.7 Å². The smallest absolute Gasteiger partial charge is 0.416 e. The van der Waals surface area contributed by atoms with Crippen molar-refractivity contribution in [2.75, 3.05) is 19.6 Å². The van der Waals surface area contributed by atoms with Gasteiger partial charge >= 0.3 is 12.3 Å². The normalized spacial score (nSPS) is 17.6. The first-order valence-corrected chi connectivity index (χ1v) is 13.9. The van der Waals surface area contributed by atoms with Crippen LogP contribution in [-0.2, 0) is 22.3 Å². The fourth-order valence-electron chi connectivity index (χ4n) is 4.66. The largest absolute Gasteiger partial charge is 0.444 e. The number of likely N-dealkylation sites (tertiary alicyclic amines) is 1. The molecular formula is C28H26ClF3N4O4S. The molecule has 3 aromatic rings.